The van der Waals surface area contributed by atoms with Crippen LogP contribution in [-0.4, -0.2) is 35.3 Å². The Morgan fingerprint density at radius 2 is 2.42 bits per heavy atom. The summed E-state index contributed by atoms with van der Waals surface area (Å²) in [6, 6.07) is 1.85. The molecule has 2 atom stereocenters. The zero-order valence-corrected chi connectivity index (χ0v) is 12.1. The quantitative estimate of drug-likeness (QED) is 0.858. The summed E-state index contributed by atoms with van der Waals surface area (Å²) in [6.07, 6.45) is 1.13. The predicted octanol–water partition coefficient (Wildman–Crippen LogP) is 1.19. The van der Waals surface area contributed by atoms with E-state index in [0.29, 0.717) is 17.5 Å². The van der Waals surface area contributed by atoms with Crippen LogP contribution in [0.1, 0.15) is 36.5 Å². The van der Waals surface area contributed by atoms with Crippen LogP contribution in [0.15, 0.2) is 6.07 Å². The van der Waals surface area contributed by atoms with Crippen LogP contribution in [0.3, 0.4) is 0 Å². The van der Waals surface area contributed by atoms with Crippen molar-refractivity contribution < 1.29 is 4.79 Å². The molecule has 2 rings (SSSR count). The zero-order chi connectivity index (χ0) is 13.8. The number of carbonyl (C=O) groups is 1. The maximum absolute atomic E-state index is 12.2. The lowest BCUT2D eigenvalue weighted by Gasteiger charge is -2.29. The van der Waals surface area contributed by atoms with Crippen LogP contribution in [0.25, 0.3) is 0 Å². The Bertz CT molecular complexity index is 441. The van der Waals surface area contributed by atoms with E-state index in [4.69, 9.17) is 0 Å². The molecule has 2 heterocycles. The van der Waals surface area contributed by atoms with Gasteiger partial charge in [0.1, 0.15) is 5.69 Å². The largest absolute Gasteiger partial charge is 0.350 e. The van der Waals surface area contributed by atoms with E-state index < -0.39 is 0 Å². The minimum Gasteiger partial charge on any atom is -0.350 e. The Labute approximate surface area is 114 Å². The Morgan fingerprint density at radius 3 is 3.11 bits per heavy atom. The standard InChI is InChI=1S/C14H24N4O/c1-4-18-13(7-11(3)17-18)14(19)16-9-12-5-6-15-8-10(12)2/h7,10,12,15H,4-6,8-9H2,1-3H3,(H,16,19). The first-order valence-electron chi connectivity index (χ1n) is 7.15. The van der Waals surface area contributed by atoms with Gasteiger partial charge in [-0.25, -0.2) is 0 Å². The van der Waals surface area contributed by atoms with Crippen LogP contribution in [0, 0.1) is 18.8 Å². The van der Waals surface area contributed by atoms with Crippen molar-refractivity contribution in [3.63, 3.8) is 0 Å². The first-order chi connectivity index (χ1) is 9.11. The number of hydrogen-bond acceptors (Lipinski definition) is 3. The lowest BCUT2D eigenvalue weighted by atomic mass is 9.88. The maximum atomic E-state index is 12.2. The molecule has 0 bridgehead atoms. The predicted molar refractivity (Wildman–Crippen MR) is 75.1 cm³/mol. The number of aromatic nitrogens is 2. The molecule has 1 saturated heterocycles. The highest BCUT2D eigenvalue weighted by Crippen LogP contribution is 2.17. The normalized spacial score (nSPS) is 23.3. The number of hydrogen-bond donors (Lipinski definition) is 2. The third-order valence-corrected chi connectivity index (χ3v) is 3.92. The van der Waals surface area contributed by atoms with E-state index in [0.717, 1.165) is 38.3 Å². The fourth-order valence-corrected chi connectivity index (χ4v) is 2.66. The molecule has 0 aliphatic carbocycles. The first-order valence-corrected chi connectivity index (χ1v) is 7.15. The molecular formula is C14H24N4O. The highest BCUT2D eigenvalue weighted by molar-refractivity contribution is 5.92. The summed E-state index contributed by atoms with van der Waals surface area (Å²) in [6.45, 7) is 9.73. The molecular weight excluding hydrogens is 240 g/mol. The summed E-state index contributed by atoms with van der Waals surface area (Å²) in [4.78, 5) is 12.2. The number of aryl methyl sites for hydroxylation is 2. The lowest BCUT2D eigenvalue weighted by Crippen LogP contribution is -2.41. The van der Waals surface area contributed by atoms with Crippen molar-refractivity contribution >= 4 is 5.91 Å². The van der Waals surface area contributed by atoms with E-state index in [1.807, 2.05) is 19.9 Å². The second-order valence-electron chi connectivity index (χ2n) is 5.43. The topological polar surface area (TPSA) is 59.0 Å². The highest BCUT2D eigenvalue weighted by atomic mass is 16.2. The summed E-state index contributed by atoms with van der Waals surface area (Å²) in [5.41, 5.74) is 1.56. The Hall–Kier alpha value is -1.36. The van der Waals surface area contributed by atoms with Gasteiger partial charge in [0.15, 0.2) is 0 Å². The molecule has 0 aromatic carbocycles. The SMILES string of the molecule is CCn1nc(C)cc1C(=O)NCC1CCNCC1C. The molecule has 1 aromatic heterocycles. The van der Waals surface area contributed by atoms with E-state index in [1.54, 1.807) is 4.68 Å². The van der Waals surface area contributed by atoms with Gasteiger partial charge in [0.2, 0.25) is 0 Å². The van der Waals surface area contributed by atoms with E-state index in [2.05, 4.69) is 22.7 Å². The smallest absolute Gasteiger partial charge is 0.269 e. The minimum atomic E-state index is -0.00631. The second-order valence-corrected chi connectivity index (χ2v) is 5.43. The number of nitrogens with one attached hydrogen (secondary N) is 2. The monoisotopic (exact) mass is 264 g/mol. The van der Waals surface area contributed by atoms with Gasteiger partial charge in [-0.1, -0.05) is 6.92 Å². The Balaban J connectivity index is 1.93. The van der Waals surface area contributed by atoms with Gasteiger partial charge in [0, 0.05) is 13.1 Å². The van der Waals surface area contributed by atoms with Crippen LogP contribution >= 0.6 is 0 Å². The fraction of sp³-hybridized carbons (Fsp3) is 0.714. The van der Waals surface area contributed by atoms with Gasteiger partial charge in [-0.2, -0.15) is 5.10 Å². The first kappa shape index (κ1) is 14.1. The molecule has 2 N–H and O–H groups in total. The number of rotatable bonds is 4. The summed E-state index contributed by atoms with van der Waals surface area (Å²) in [7, 11) is 0. The molecule has 19 heavy (non-hydrogen) atoms. The number of carbonyl (C=O) groups excluding carboxylic acids is 1. The number of amides is 1. The van der Waals surface area contributed by atoms with Gasteiger partial charge in [0.25, 0.3) is 5.91 Å². The van der Waals surface area contributed by atoms with Crippen molar-refractivity contribution in [2.24, 2.45) is 11.8 Å². The van der Waals surface area contributed by atoms with Gasteiger partial charge in [0.05, 0.1) is 5.69 Å². The zero-order valence-electron chi connectivity index (χ0n) is 12.1. The molecule has 1 amide bonds. The van der Waals surface area contributed by atoms with Crippen molar-refractivity contribution in [1.82, 2.24) is 20.4 Å². The molecule has 0 saturated carbocycles. The van der Waals surface area contributed by atoms with E-state index in [-0.39, 0.29) is 5.91 Å². The van der Waals surface area contributed by atoms with E-state index in [9.17, 15) is 4.79 Å². The number of piperidine rings is 1. The van der Waals surface area contributed by atoms with Crippen LogP contribution in [0.5, 0.6) is 0 Å². The van der Waals surface area contributed by atoms with Gasteiger partial charge < -0.3 is 10.6 Å². The molecule has 0 spiro atoms. The third kappa shape index (κ3) is 3.35. The van der Waals surface area contributed by atoms with Gasteiger partial charge >= 0.3 is 0 Å². The van der Waals surface area contributed by atoms with Crippen LogP contribution in [0.2, 0.25) is 0 Å². The van der Waals surface area contributed by atoms with Crippen molar-refractivity contribution in [1.29, 1.82) is 0 Å². The van der Waals surface area contributed by atoms with Gasteiger partial charge in [-0.15, -0.1) is 0 Å². The van der Waals surface area contributed by atoms with E-state index >= 15 is 0 Å². The van der Waals surface area contributed by atoms with Crippen LogP contribution < -0.4 is 10.6 Å². The average molecular weight is 264 g/mol. The summed E-state index contributed by atoms with van der Waals surface area (Å²) >= 11 is 0. The second kappa shape index (κ2) is 6.19. The van der Waals surface area contributed by atoms with Crippen molar-refractivity contribution in [2.75, 3.05) is 19.6 Å². The molecule has 5 nitrogen and oxygen atoms in total. The van der Waals surface area contributed by atoms with E-state index in [1.165, 1.54) is 0 Å². The van der Waals surface area contributed by atoms with Crippen molar-refractivity contribution in [3.8, 4) is 0 Å². The van der Waals surface area contributed by atoms with Crippen LogP contribution in [-0.2, 0) is 6.54 Å². The molecule has 2 unspecified atom stereocenters. The summed E-state index contributed by atoms with van der Waals surface area (Å²) in [5, 5.41) is 10.7. The lowest BCUT2D eigenvalue weighted by molar-refractivity contribution is 0.0927. The van der Waals surface area contributed by atoms with Crippen LogP contribution in [0.4, 0.5) is 0 Å². The molecule has 0 radical (unpaired) electrons. The molecule has 106 valence electrons. The molecule has 1 aliphatic heterocycles. The molecule has 1 aliphatic rings. The Kier molecular flexibility index (Phi) is 4.58. The third-order valence-electron chi connectivity index (χ3n) is 3.92. The van der Waals surface area contributed by atoms with Gasteiger partial charge in [-0.3, -0.25) is 9.48 Å². The van der Waals surface area contributed by atoms with Crippen molar-refractivity contribution in [2.45, 2.75) is 33.7 Å². The average Bonchev–Trinajstić information content (AvgIpc) is 2.79. The summed E-state index contributed by atoms with van der Waals surface area (Å²) in [5.74, 6) is 1.18. The Morgan fingerprint density at radius 1 is 1.63 bits per heavy atom. The van der Waals surface area contributed by atoms with Crippen molar-refractivity contribution in [3.05, 3.63) is 17.5 Å². The fourth-order valence-electron chi connectivity index (χ4n) is 2.66. The number of nitrogens with zero attached hydrogens (tertiary/aromatic N) is 2. The highest BCUT2D eigenvalue weighted by Gasteiger charge is 2.22. The summed E-state index contributed by atoms with van der Waals surface area (Å²) < 4.78 is 1.76. The molecule has 1 fully saturated rings. The molecule has 1 aromatic rings. The maximum Gasteiger partial charge on any atom is 0.269 e. The molecule has 5 heteroatoms. The van der Waals surface area contributed by atoms with Gasteiger partial charge in [-0.05, 0) is 51.3 Å². The minimum absolute atomic E-state index is 0.00631.